The number of methoxy groups -OCH3 is 3. The summed E-state index contributed by atoms with van der Waals surface area (Å²) in [6, 6.07) is 8.13. The van der Waals surface area contributed by atoms with Crippen LogP contribution in [0.2, 0.25) is 0 Å². The van der Waals surface area contributed by atoms with Crippen LogP contribution in [-0.2, 0) is 17.4 Å². The zero-order chi connectivity index (χ0) is 29.0. The molecule has 0 radical (unpaired) electrons. The van der Waals surface area contributed by atoms with E-state index >= 15 is 0 Å². The van der Waals surface area contributed by atoms with Gasteiger partial charge in [-0.2, -0.15) is 0 Å². The Bertz CT molecular complexity index is 1070. The predicted octanol–water partition coefficient (Wildman–Crippen LogP) is 5.28. The molecule has 0 amide bonds. The highest BCUT2D eigenvalue weighted by molar-refractivity contribution is 7.99. The van der Waals surface area contributed by atoms with Crippen molar-refractivity contribution >= 4 is 11.8 Å². The lowest BCUT2D eigenvalue weighted by molar-refractivity contribution is 0.0795. The summed E-state index contributed by atoms with van der Waals surface area (Å²) in [6.45, 7) is 17.8. The molecule has 8 heteroatoms. The first-order chi connectivity index (χ1) is 18.3. The molecule has 3 rings (SSSR count). The Kier molecular flexibility index (Phi) is 10.5. The minimum Gasteiger partial charge on any atom is -0.507 e. The second kappa shape index (κ2) is 13.0. The summed E-state index contributed by atoms with van der Waals surface area (Å²) < 4.78 is 16.6. The summed E-state index contributed by atoms with van der Waals surface area (Å²) in [4.78, 5) is 5.83. The number of ether oxygens (including phenoxy) is 3. The third kappa shape index (κ3) is 7.97. The molecular weight excluding hydrogens is 512 g/mol. The van der Waals surface area contributed by atoms with Crippen LogP contribution in [0.3, 0.4) is 0 Å². The van der Waals surface area contributed by atoms with E-state index in [2.05, 4.69) is 63.5 Å². The first-order valence-corrected chi connectivity index (χ1v) is 14.7. The third-order valence-corrected chi connectivity index (χ3v) is 8.38. The summed E-state index contributed by atoms with van der Waals surface area (Å²) in [5, 5.41) is 21.9. The van der Waals surface area contributed by atoms with Gasteiger partial charge in [-0.05, 0) is 29.0 Å². The van der Waals surface area contributed by atoms with Gasteiger partial charge in [0.25, 0.3) is 0 Å². The molecule has 7 nitrogen and oxygen atoms in total. The van der Waals surface area contributed by atoms with Gasteiger partial charge in [-0.15, -0.1) is 11.8 Å². The first kappa shape index (κ1) is 31.4. The van der Waals surface area contributed by atoms with Crippen LogP contribution in [0.4, 0.5) is 0 Å². The van der Waals surface area contributed by atoms with Crippen LogP contribution in [-0.4, -0.2) is 85.9 Å². The number of hydrogen-bond donors (Lipinski definition) is 2. The van der Waals surface area contributed by atoms with Gasteiger partial charge in [0.15, 0.2) is 11.5 Å². The maximum absolute atomic E-state index is 11.0. The fourth-order valence-corrected chi connectivity index (χ4v) is 5.93. The van der Waals surface area contributed by atoms with Crippen molar-refractivity contribution in [3.05, 3.63) is 41.0 Å². The van der Waals surface area contributed by atoms with Crippen LogP contribution < -0.4 is 14.2 Å². The molecule has 0 saturated carbocycles. The molecule has 0 spiro atoms. The van der Waals surface area contributed by atoms with Crippen molar-refractivity contribution in [1.29, 1.82) is 0 Å². The van der Waals surface area contributed by atoms with E-state index in [4.69, 9.17) is 14.2 Å². The highest BCUT2D eigenvalue weighted by Gasteiger charge is 2.27. The number of aromatic hydroxyl groups is 1. The molecule has 2 aromatic carbocycles. The van der Waals surface area contributed by atoms with E-state index < -0.39 is 6.10 Å². The second-order valence-corrected chi connectivity index (χ2v) is 13.5. The van der Waals surface area contributed by atoms with E-state index in [0.29, 0.717) is 35.3 Å². The van der Waals surface area contributed by atoms with Crippen LogP contribution in [0.15, 0.2) is 29.2 Å². The average molecular weight is 561 g/mol. The number of thioether (sulfide) groups is 1. The van der Waals surface area contributed by atoms with Gasteiger partial charge in [-0.3, -0.25) is 9.80 Å². The summed E-state index contributed by atoms with van der Waals surface area (Å²) in [7, 11) is 4.91. The van der Waals surface area contributed by atoms with Gasteiger partial charge in [0, 0.05) is 66.6 Å². The monoisotopic (exact) mass is 560 g/mol. The van der Waals surface area contributed by atoms with Crippen molar-refractivity contribution in [3.63, 3.8) is 0 Å². The molecule has 2 N–H and O–H groups in total. The molecule has 1 fully saturated rings. The van der Waals surface area contributed by atoms with Gasteiger partial charge < -0.3 is 24.4 Å². The summed E-state index contributed by atoms with van der Waals surface area (Å²) >= 11 is 1.67. The number of aliphatic hydroxyl groups is 1. The highest BCUT2D eigenvalue weighted by Crippen LogP contribution is 2.42. The maximum atomic E-state index is 11.0. The van der Waals surface area contributed by atoms with E-state index in [9.17, 15) is 10.2 Å². The number of phenols is 1. The van der Waals surface area contributed by atoms with Crippen LogP contribution in [0.5, 0.6) is 23.0 Å². The molecule has 0 bridgehead atoms. The minimum absolute atomic E-state index is 0.167. The second-order valence-electron chi connectivity index (χ2n) is 12.4. The van der Waals surface area contributed by atoms with E-state index in [1.807, 2.05) is 12.1 Å². The SMILES string of the molecule is COc1ccc(CN2CCN(CC(O)CSc3cc(C(C)(C)C)c(O)c(C(C)(C)C)c3)CC2)c(OC)c1OC. The van der Waals surface area contributed by atoms with Crippen LogP contribution >= 0.6 is 11.8 Å². The quantitative estimate of drug-likeness (QED) is 0.380. The fraction of sp³-hybridized carbons (Fsp3) is 0.613. The Morgan fingerprint density at radius 3 is 1.85 bits per heavy atom. The standard InChI is InChI=1S/C31H48N2O5S/c1-30(2,3)24-16-23(17-25(27(24)35)31(4,5)6)39-20-22(34)19-33-14-12-32(13-15-33)18-21-10-11-26(36-7)29(38-9)28(21)37-8/h10-11,16-17,22,34-35H,12-15,18-20H2,1-9H3. The third-order valence-electron chi connectivity index (χ3n) is 7.26. The molecule has 0 aliphatic carbocycles. The summed E-state index contributed by atoms with van der Waals surface area (Å²) in [6.07, 6.45) is -0.433. The highest BCUT2D eigenvalue weighted by atomic mass is 32.2. The Labute approximate surface area is 239 Å². The molecule has 1 unspecified atom stereocenters. The maximum Gasteiger partial charge on any atom is 0.203 e. The van der Waals surface area contributed by atoms with Crippen molar-refractivity contribution in [2.45, 2.75) is 69.9 Å². The number of benzene rings is 2. The lowest BCUT2D eigenvalue weighted by Gasteiger charge is -2.36. The topological polar surface area (TPSA) is 74.6 Å². The van der Waals surface area contributed by atoms with Crippen molar-refractivity contribution < 1.29 is 24.4 Å². The Hall–Kier alpha value is -2.13. The molecule has 218 valence electrons. The smallest absolute Gasteiger partial charge is 0.203 e. The molecule has 1 heterocycles. The Morgan fingerprint density at radius 2 is 1.36 bits per heavy atom. The van der Waals surface area contributed by atoms with E-state index in [1.165, 1.54) is 0 Å². The number of aliphatic hydroxyl groups excluding tert-OH is 1. The number of β-amino-alcohol motifs (C(OH)–C–C–N with tert-alkyl or cyclic N) is 1. The van der Waals surface area contributed by atoms with Gasteiger partial charge in [-0.1, -0.05) is 47.6 Å². The van der Waals surface area contributed by atoms with E-state index in [-0.39, 0.29) is 10.8 Å². The van der Waals surface area contributed by atoms with Crippen LogP contribution in [0.1, 0.15) is 58.2 Å². The molecule has 1 saturated heterocycles. The molecule has 1 aliphatic rings. The summed E-state index contributed by atoms with van der Waals surface area (Å²) in [5.74, 6) is 3.00. The minimum atomic E-state index is -0.433. The van der Waals surface area contributed by atoms with Gasteiger partial charge in [0.05, 0.1) is 27.4 Å². The average Bonchev–Trinajstić information content (AvgIpc) is 2.87. The summed E-state index contributed by atoms with van der Waals surface area (Å²) in [5.41, 5.74) is 2.64. The molecular formula is C31H48N2O5S. The molecule has 2 aromatic rings. The Morgan fingerprint density at radius 1 is 0.821 bits per heavy atom. The normalized spacial score (nSPS) is 16.3. The van der Waals surface area contributed by atoms with Gasteiger partial charge >= 0.3 is 0 Å². The first-order valence-electron chi connectivity index (χ1n) is 13.7. The molecule has 0 aromatic heterocycles. The molecule has 1 aliphatic heterocycles. The number of phenolic OH excluding ortho intramolecular Hbond substituents is 1. The van der Waals surface area contributed by atoms with Crippen molar-refractivity contribution in [2.24, 2.45) is 0 Å². The number of hydrogen-bond acceptors (Lipinski definition) is 8. The van der Waals surface area contributed by atoms with E-state index in [0.717, 1.165) is 54.3 Å². The van der Waals surface area contributed by atoms with Crippen LogP contribution in [0.25, 0.3) is 0 Å². The zero-order valence-corrected chi connectivity index (χ0v) is 26.1. The Balaban J connectivity index is 1.56. The molecule has 1 atom stereocenters. The van der Waals surface area contributed by atoms with Crippen LogP contribution in [0, 0.1) is 0 Å². The molecule has 39 heavy (non-hydrogen) atoms. The van der Waals surface area contributed by atoms with Gasteiger partial charge in [0.2, 0.25) is 5.75 Å². The van der Waals surface area contributed by atoms with Gasteiger partial charge in [-0.25, -0.2) is 0 Å². The predicted molar refractivity (Wildman–Crippen MR) is 160 cm³/mol. The lowest BCUT2D eigenvalue weighted by Crippen LogP contribution is -2.48. The van der Waals surface area contributed by atoms with Crippen molar-refractivity contribution in [1.82, 2.24) is 9.80 Å². The van der Waals surface area contributed by atoms with Crippen molar-refractivity contribution in [3.8, 4) is 23.0 Å². The number of rotatable bonds is 10. The van der Waals surface area contributed by atoms with Gasteiger partial charge in [0.1, 0.15) is 5.75 Å². The van der Waals surface area contributed by atoms with Crippen molar-refractivity contribution in [2.75, 3.05) is 59.8 Å². The largest absolute Gasteiger partial charge is 0.507 e. The van der Waals surface area contributed by atoms with E-state index in [1.54, 1.807) is 33.1 Å². The lowest BCUT2D eigenvalue weighted by atomic mass is 9.79. The zero-order valence-electron chi connectivity index (χ0n) is 25.3. The number of piperazine rings is 1. The fourth-order valence-electron chi connectivity index (χ4n) is 5.04. The number of nitrogens with zero attached hydrogens (tertiary/aromatic N) is 2.